The summed E-state index contributed by atoms with van der Waals surface area (Å²) < 4.78 is 0. The highest BCUT2D eigenvalue weighted by Gasteiger charge is 2.37. The second kappa shape index (κ2) is 6.21. The lowest BCUT2D eigenvalue weighted by Gasteiger charge is -2.14. The Hall–Kier alpha value is -3.87. The van der Waals surface area contributed by atoms with Gasteiger partial charge >= 0.3 is 0 Å². The molecular formula is C19H12N4O3. The molecule has 1 aromatic heterocycles. The van der Waals surface area contributed by atoms with Crippen LogP contribution in [0.3, 0.4) is 0 Å². The number of imide groups is 1. The molecule has 1 aliphatic rings. The number of rotatable bonds is 3. The van der Waals surface area contributed by atoms with E-state index in [9.17, 15) is 14.4 Å². The number of hydrogen-bond donors (Lipinski definition) is 1. The number of aromatic nitrogens is 2. The van der Waals surface area contributed by atoms with Gasteiger partial charge in [0.15, 0.2) is 0 Å². The molecule has 0 radical (unpaired) electrons. The standard InChI is InChI=1S/C19H12N4O3/c24-17(22-13-4-2-1-3-5-13)12-6-8-14(9-7-12)23-18(25)15-10-20-21-11-16(15)19(23)26/h1-11H,(H,22,24). The summed E-state index contributed by atoms with van der Waals surface area (Å²) in [5.74, 6) is -1.19. The summed E-state index contributed by atoms with van der Waals surface area (Å²) >= 11 is 0. The summed E-state index contributed by atoms with van der Waals surface area (Å²) in [4.78, 5) is 38.2. The van der Waals surface area contributed by atoms with Gasteiger partial charge in [-0.3, -0.25) is 14.4 Å². The highest BCUT2D eigenvalue weighted by molar-refractivity contribution is 6.34. The molecule has 26 heavy (non-hydrogen) atoms. The topological polar surface area (TPSA) is 92.3 Å². The van der Waals surface area contributed by atoms with Crippen molar-refractivity contribution in [3.05, 3.63) is 83.7 Å². The molecule has 0 fully saturated rings. The average molecular weight is 344 g/mol. The van der Waals surface area contributed by atoms with Crippen LogP contribution in [0.1, 0.15) is 31.1 Å². The molecule has 1 aliphatic heterocycles. The van der Waals surface area contributed by atoms with Gasteiger partial charge in [0, 0.05) is 11.3 Å². The maximum atomic E-state index is 12.4. The summed E-state index contributed by atoms with van der Waals surface area (Å²) in [5.41, 5.74) is 1.92. The molecule has 0 spiro atoms. The fourth-order valence-corrected chi connectivity index (χ4v) is 2.72. The molecule has 0 aliphatic carbocycles. The molecule has 2 aromatic carbocycles. The number of carbonyl (C=O) groups is 3. The van der Waals surface area contributed by atoms with E-state index in [0.717, 1.165) is 4.90 Å². The zero-order valence-corrected chi connectivity index (χ0v) is 13.4. The van der Waals surface area contributed by atoms with Crippen molar-refractivity contribution < 1.29 is 14.4 Å². The van der Waals surface area contributed by atoms with E-state index in [0.29, 0.717) is 16.9 Å². The van der Waals surface area contributed by atoms with Crippen LogP contribution in [0.4, 0.5) is 11.4 Å². The van der Waals surface area contributed by atoms with Crippen molar-refractivity contribution in [1.29, 1.82) is 0 Å². The van der Waals surface area contributed by atoms with E-state index in [1.165, 1.54) is 12.4 Å². The molecule has 1 N–H and O–H groups in total. The van der Waals surface area contributed by atoms with Crippen molar-refractivity contribution in [2.24, 2.45) is 0 Å². The molecule has 0 saturated carbocycles. The number of nitrogens with one attached hydrogen (secondary N) is 1. The second-order valence-corrected chi connectivity index (χ2v) is 5.63. The SMILES string of the molecule is O=C(Nc1ccccc1)c1ccc(N2C(=O)c3cnncc3C2=O)cc1. The van der Waals surface area contributed by atoms with Crippen LogP contribution in [0.2, 0.25) is 0 Å². The number of fused-ring (bicyclic) bond motifs is 1. The predicted octanol–water partition coefficient (Wildman–Crippen LogP) is 2.53. The van der Waals surface area contributed by atoms with Crippen LogP contribution in [0, 0.1) is 0 Å². The van der Waals surface area contributed by atoms with E-state index in [4.69, 9.17) is 0 Å². The first kappa shape index (κ1) is 15.6. The first-order valence-corrected chi connectivity index (χ1v) is 7.81. The normalized spacial score (nSPS) is 12.8. The highest BCUT2D eigenvalue weighted by Crippen LogP contribution is 2.27. The van der Waals surface area contributed by atoms with Gasteiger partial charge in [-0.05, 0) is 36.4 Å². The number of anilines is 2. The first-order chi connectivity index (χ1) is 12.6. The molecule has 7 nitrogen and oxygen atoms in total. The fraction of sp³-hybridized carbons (Fsp3) is 0. The van der Waals surface area contributed by atoms with E-state index in [-0.39, 0.29) is 17.0 Å². The minimum atomic E-state index is -0.457. The van der Waals surface area contributed by atoms with E-state index >= 15 is 0 Å². The third kappa shape index (κ3) is 2.61. The summed E-state index contributed by atoms with van der Waals surface area (Å²) in [7, 11) is 0. The number of hydrogen-bond acceptors (Lipinski definition) is 5. The van der Waals surface area contributed by atoms with Gasteiger partial charge in [0.1, 0.15) is 0 Å². The summed E-state index contributed by atoms with van der Waals surface area (Å²) in [5, 5.41) is 10.1. The molecule has 2 heterocycles. The highest BCUT2D eigenvalue weighted by atomic mass is 16.2. The van der Waals surface area contributed by atoms with Gasteiger partial charge in [-0.25, -0.2) is 4.90 Å². The number of amides is 3. The van der Waals surface area contributed by atoms with Crippen LogP contribution < -0.4 is 10.2 Å². The molecule has 3 aromatic rings. The molecule has 126 valence electrons. The summed E-state index contributed by atoms with van der Waals surface area (Å²) in [6.07, 6.45) is 2.55. The largest absolute Gasteiger partial charge is 0.322 e. The van der Waals surface area contributed by atoms with Crippen molar-refractivity contribution in [3.63, 3.8) is 0 Å². The Bertz CT molecular complexity index is 981. The minimum Gasteiger partial charge on any atom is -0.322 e. The molecular weight excluding hydrogens is 332 g/mol. The van der Waals surface area contributed by atoms with Gasteiger partial charge in [0.2, 0.25) is 0 Å². The second-order valence-electron chi connectivity index (χ2n) is 5.63. The third-order valence-corrected chi connectivity index (χ3v) is 4.02. The molecule has 0 saturated heterocycles. The Balaban J connectivity index is 1.56. The zero-order chi connectivity index (χ0) is 18.1. The van der Waals surface area contributed by atoms with Crippen molar-refractivity contribution >= 4 is 29.1 Å². The van der Waals surface area contributed by atoms with Gasteiger partial charge in [0.25, 0.3) is 17.7 Å². The lowest BCUT2D eigenvalue weighted by molar-refractivity contribution is 0.0925. The zero-order valence-electron chi connectivity index (χ0n) is 13.4. The van der Waals surface area contributed by atoms with Crippen LogP contribution in [0.5, 0.6) is 0 Å². The molecule has 3 amide bonds. The lowest BCUT2D eigenvalue weighted by atomic mass is 10.1. The lowest BCUT2D eigenvalue weighted by Crippen LogP contribution is -2.29. The van der Waals surface area contributed by atoms with Gasteiger partial charge in [-0.1, -0.05) is 18.2 Å². The predicted molar refractivity (Wildman–Crippen MR) is 94.0 cm³/mol. The monoisotopic (exact) mass is 344 g/mol. The maximum Gasteiger partial charge on any atom is 0.267 e. The quantitative estimate of drug-likeness (QED) is 0.737. The van der Waals surface area contributed by atoms with E-state index in [1.807, 2.05) is 18.2 Å². The maximum absolute atomic E-state index is 12.4. The molecule has 7 heteroatoms. The Morgan fingerprint density at radius 2 is 1.38 bits per heavy atom. The van der Waals surface area contributed by atoms with Gasteiger partial charge < -0.3 is 5.32 Å². The minimum absolute atomic E-state index is 0.218. The van der Waals surface area contributed by atoms with E-state index in [1.54, 1.807) is 36.4 Å². The molecule has 0 unspecified atom stereocenters. The number of carbonyl (C=O) groups excluding carboxylic acids is 3. The van der Waals surface area contributed by atoms with Crippen molar-refractivity contribution in [2.45, 2.75) is 0 Å². The Morgan fingerprint density at radius 1 is 0.808 bits per heavy atom. The Morgan fingerprint density at radius 3 is 1.96 bits per heavy atom. The van der Waals surface area contributed by atoms with Gasteiger partial charge in [-0.15, -0.1) is 0 Å². The van der Waals surface area contributed by atoms with E-state index < -0.39 is 11.8 Å². The summed E-state index contributed by atoms with van der Waals surface area (Å²) in [6, 6.07) is 15.3. The van der Waals surface area contributed by atoms with Crippen molar-refractivity contribution in [2.75, 3.05) is 10.2 Å². The van der Waals surface area contributed by atoms with Crippen molar-refractivity contribution in [1.82, 2.24) is 10.2 Å². The number of benzene rings is 2. The van der Waals surface area contributed by atoms with Crippen LogP contribution in [-0.2, 0) is 0 Å². The third-order valence-electron chi connectivity index (χ3n) is 4.02. The Kier molecular flexibility index (Phi) is 3.74. The molecule has 0 atom stereocenters. The van der Waals surface area contributed by atoms with Crippen molar-refractivity contribution in [3.8, 4) is 0 Å². The number of nitrogens with zero attached hydrogens (tertiary/aromatic N) is 3. The molecule has 4 rings (SSSR count). The molecule has 0 bridgehead atoms. The first-order valence-electron chi connectivity index (χ1n) is 7.81. The van der Waals surface area contributed by atoms with Gasteiger partial charge in [0.05, 0.1) is 29.2 Å². The van der Waals surface area contributed by atoms with Gasteiger partial charge in [-0.2, -0.15) is 10.2 Å². The summed E-state index contributed by atoms with van der Waals surface area (Å²) in [6.45, 7) is 0. The smallest absolute Gasteiger partial charge is 0.267 e. The van der Waals surface area contributed by atoms with Crippen LogP contribution in [-0.4, -0.2) is 27.9 Å². The number of para-hydroxylation sites is 1. The van der Waals surface area contributed by atoms with Crippen LogP contribution in [0.15, 0.2) is 67.0 Å². The Labute approximate surface area is 148 Å². The van der Waals surface area contributed by atoms with E-state index in [2.05, 4.69) is 15.5 Å². The van der Waals surface area contributed by atoms with Crippen LogP contribution >= 0.6 is 0 Å². The average Bonchev–Trinajstić information content (AvgIpc) is 2.94. The fourth-order valence-electron chi connectivity index (χ4n) is 2.72. The van der Waals surface area contributed by atoms with Crippen LogP contribution in [0.25, 0.3) is 0 Å².